The number of ether oxygens (including phenoxy) is 1. The van der Waals surface area contributed by atoms with Crippen molar-refractivity contribution in [2.24, 2.45) is 0 Å². The minimum atomic E-state index is -0.145. The lowest BCUT2D eigenvalue weighted by Crippen LogP contribution is -2.47. The number of halogens is 1. The number of nitrogen functional groups attached to an aromatic ring is 1. The molecule has 0 aliphatic carbocycles. The number of aromatic nitrogens is 1. The molecular weight excluding hydrogens is 254 g/mol. The van der Waals surface area contributed by atoms with Crippen LogP contribution in [0.1, 0.15) is 12.6 Å². The van der Waals surface area contributed by atoms with E-state index in [0.29, 0.717) is 23.9 Å². The minimum Gasteiger partial charge on any atom is -0.394 e. The molecule has 1 saturated heterocycles. The summed E-state index contributed by atoms with van der Waals surface area (Å²) in [6, 6.07) is 3.44. The zero-order chi connectivity index (χ0) is 13.1. The second kappa shape index (κ2) is 5.84. The summed E-state index contributed by atoms with van der Waals surface area (Å²) in [6.45, 7) is 4.10. The lowest BCUT2D eigenvalue weighted by molar-refractivity contribution is -0.0974. The maximum atomic E-state index is 9.18. The quantitative estimate of drug-likeness (QED) is 0.855. The van der Waals surface area contributed by atoms with E-state index in [-0.39, 0.29) is 18.8 Å². The summed E-state index contributed by atoms with van der Waals surface area (Å²) < 4.78 is 5.59. The molecule has 1 aromatic rings. The predicted molar refractivity (Wildman–Crippen MR) is 70.4 cm³/mol. The number of hydrogen-bond donors (Lipinski definition) is 2. The Hall–Kier alpha value is -0.880. The monoisotopic (exact) mass is 271 g/mol. The van der Waals surface area contributed by atoms with Crippen molar-refractivity contribution in [3.05, 3.63) is 22.8 Å². The van der Waals surface area contributed by atoms with Gasteiger partial charge in [0.25, 0.3) is 0 Å². The van der Waals surface area contributed by atoms with Gasteiger partial charge in [0.2, 0.25) is 0 Å². The Morgan fingerprint density at radius 1 is 1.56 bits per heavy atom. The number of aliphatic hydroxyl groups is 1. The molecule has 2 heterocycles. The van der Waals surface area contributed by atoms with Gasteiger partial charge >= 0.3 is 0 Å². The molecule has 0 bridgehead atoms. The summed E-state index contributed by atoms with van der Waals surface area (Å²) in [5, 5.41) is 9.79. The maximum Gasteiger partial charge on any atom is 0.123 e. The van der Waals surface area contributed by atoms with Crippen LogP contribution in [0.3, 0.4) is 0 Å². The summed E-state index contributed by atoms with van der Waals surface area (Å²) in [7, 11) is 0. The largest absolute Gasteiger partial charge is 0.394 e. The van der Waals surface area contributed by atoms with E-state index in [0.717, 1.165) is 12.2 Å². The molecule has 100 valence electrons. The van der Waals surface area contributed by atoms with E-state index in [4.69, 9.17) is 22.1 Å². The zero-order valence-corrected chi connectivity index (χ0v) is 11.1. The van der Waals surface area contributed by atoms with Gasteiger partial charge in [0.15, 0.2) is 0 Å². The Labute approximate surface area is 112 Å². The van der Waals surface area contributed by atoms with Crippen molar-refractivity contribution in [3.63, 3.8) is 0 Å². The van der Waals surface area contributed by atoms with Crippen molar-refractivity contribution in [3.8, 4) is 0 Å². The number of nitrogens with two attached hydrogens (primary N) is 1. The molecule has 1 aliphatic heterocycles. The highest BCUT2D eigenvalue weighted by atomic mass is 35.5. The second-order valence-electron chi connectivity index (χ2n) is 4.61. The number of pyridine rings is 1. The highest BCUT2D eigenvalue weighted by Crippen LogP contribution is 2.19. The summed E-state index contributed by atoms with van der Waals surface area (Å²) in [6.07, 6.45) is -0.0516. The van der Waals surface area contributed by atoms with Gasteiger partial charge in [0, 0.05) is 19.6 Å². The number of anilines is 1. The van der Waals surface area contributed by atoms with Gasteiger partial charge in [0.1, 0.15) is 5.82 Å². The maximum absolute atomic E-state index is 9.18. The summed E-state index contributed by atoms with van der Waals surface area (Å²) >= 11 is 6.10. The van der Waals surface area contributed by atoms with Gasteiger partial charge in [-0.3, -0.25) is 4.90 Å². The van der Waals surface area contributed by atoms with Crippen LogP contribution >= 0.6 is 11.6 Å². The molecule has 5 nitrogen and oxygen atoms in total. The number of morpholine rings is 1. The van der Waals surface area contributed by atoms with Gasteiger partial charge in [-0.25, -0.2) is 4.98 Å². The van der Waals surface area contributed by atoms with Crippen molar-refractivity contribution in [1.82, 2.24) is 9.88 Å². The van der Waals surface area contributed by atoms with Crippen molar-refractivity contribution in [2.75, 3.05) is 25.4 Å². The van der Waals surface area contributed by atoms with E-state index in [1.807, 2.05) is 6.92 Å². The Morgan fingerprint density at radius 3 is 3.06 bits per heavy atom. The third kappa shape index (κ3) is 3.32. The molecule has 3 N–H and O–H groups in total. The zero-order valence-electron chi connectivity index (χ0n) is 10.3. The normalized spacial score (nSPS) is 25.3. The van der Waals surface area contributed by atoms with E-state index < -0.39 is 0 Å². The molecule has 2 atom stereocenters. The van der Waals surface area contributed by atoms with Crippen molar-refractivity contribution >= 4 is 17.4 Å². The fraction of sp³-hybridized carbons (Fsp3) is 0.583. The van der Waals surface area contributed by atoms with E-state index in [2.05, 4.69) is 9.88 Å². The smallest absolute Gasteiger partial charge is 0.123 e. The number of rotatable bonds is 3. The molecule has 0 amide bonds. The van der Waals surface area contributed by atoms with E-state index in [1.165, 1.54) is 0 Å². The molecule has 0 radical (unpaired) electrons. The molecule has 6 heteroatoms. The van der Waals surface area contributed by atoms with Crippen molar-refractivity contribution in [2.45, 2.75) is 25.7 Å². The lowest BCUT2D eigenvalue weighted by atomic mass is 10.2. The average molecular weight is 272 g/mol. The Kier molecular flexibility index (Phi) is 4.40. The Balaban J connectivity index is 2.06. The van der Waals surface area contributed by atoms with Gasteiger partial charge in [-0.05, 0) is 19.1 Å². The standard InChI is InChI=1S/C12H18ClN3O2/c1-8-4-16(5-9(7-17)18-8)6-11-10(13)2-3-12(14)15-11/h2-3,8-9,17H,4-7H2,1H3,(H2,14,15). The van der Waals surface area contributed by atoms with E-state index in [9.17, 15) is 5.11 Å². The highest BCUT2D eigenvalue weighted by Gasteiger charge is 2.25. The first kappa shape index (κ1) is 13.5. The third-order valence-electron chi connectivity index (χ3n) is 2.92. The fourth-order valence-electron chi connectivity index (χ4n) is 2.19. The van der Waals surface area contributed by atoms with Gasteiger partial charge in [-0.15, -0.1) is 0 Å². The van der Waals surface area contributed by atoms with Crippen LogP contribution in [-0.2, 0) is 11.3 Å². The molecular formula is C12H18ClN3O2. The van der Waals surface area contributed by atoms with Crippen LogP contribution in [0.5, 0.6) is 0 Å². The minimum absolute atomic E-state index is 0.0267. The molecule has 2 rings (SSSR count). The first-order valence-corrected chi connectivity index (χ1v) is 6.36. The predicted octanol–water partition coefficient (Wildman–Crippen LogP) is 0.899. The van der Waals surface area contributed by atoms with Crippen LogP contribution in [0.15, 0.2) is 12.1 Å². The SMILES string of the molecule is CC1CN(Cc2nc(N)ccc2Cl)CC(CO)O1. The highest BCUT2D eigenvalue weighted by molar-refractivity contribution is 6.31. The van der Waals surface area contributed by atoms with E-state index >= 15 is 0 Å². The van der Waals surface area contributed by atoms with Crippen LogP contribution in [-0.4, -0.2) is 46.9 Å². The number of nitrogens with zero attached hydrogens (tertiary/aromatic N) is 2. The van der Waals surface area contributed by atoms with Crippen molar-refractivity contribution < 1.29 is 9.84 Å². The van der Waals surface area contributed by atoms with E-state index in [1.54, 1.807) is 12.1 Å². The topological polar surface area (TPSA) is 71.6 Å². The van der Waals surface area contributed by atoms with Gasteiger partial charge in [-0.1, -0.05) is 11.6 Å². The van der Waals surface area contributed by atoms with Gasteiger partial charge in [-0.2, -0.15) is 0 Å². The lowest BCUT2D eigenvalue weighted by Gasteiger charge is -2.35. The third-order valence-corrected chi connectivity index (χ3v) is 3.26. The van der Waals surface area contributed by atoms with Crippen LogP contribution < -0.4 is 5.73 Å². The van der Waals surface area contributed by atoms with Crippen molar-refractivity contribution in [1.29, 1.82) is 0 Å². The molecule has 18 heavy (non-hydrogen) atoms. The molecule has 1 aliphatic rings. The molecule has 0 saturated carbocycles. The molecule has 1 fully saturated rings. The van der Waals surface area contributed by atoms with Crippen LogP contribution in [0.4, 0.5) is 5.82 Å². The summed E-state index contributed by atoms with van der Waals surface area (Å²) in [4.78, 5) is 6.41. The molecule has 0 spiro atoms. The molecule has 0 aromatic carbocycles. The fourth-order valence-corrected chi connectivity index (χ4v) is 2.36. The number of hydrogen-bond acceptors (Lipinski definition) is 5. The summed E-state index contributed by atoms with van der Waals surface area (Å²) in [5.41, 5.74) is 6.43. The molecule has 1 aromatic heterocycles. The van der Waals surface area contributed by atoms with Gasteiger partial charge < -0.3 is 15.6 Å². The average Bonchev–Trinajstić information content (AvgIpc) is 2.33. The molecule has 2 unspecified atom stereocenters. The number of aliphatic hydroxyl groups excluding tert-OH is 1. The van der Waals surface area contributed by atoms with Gasteiger partial charge in [0.05, 0.1) is 29.5 Å². The first-order chi connectivity index (χ1) is 8.58. The first-order valence-electron chi connectivity index (χ1n) is 5.98. The van der Waals surface area contributed by atoms with Crippen LogP contribution in [0.25, 0.3) is 0 Å². The Morgan fingerprint density at radius 2 is 2.33 bits per heavy atom. The van der Waals surface area contributed by atoms with Crippen LogP contribution in [0.2, 0.25) is 5.02 Å². The Bertz CT molecular complexity index is 416. The van der Waals surface area contributed by atoms with Crippen LogP contribution in [0, 0.1) is 0 Å². The summed E-state index contributed by atoms with van der Waals surface area (Å²) in [5.74, 6) is 0.467. The second-order valence-corrected chi connectivity index (χ2v) is 5.02.